The second-order valence-corrected chi connectivity index (χ2v) is 2.97. The third-order valence-electron chi connectivity index (χ3n) is 1.94. The van der Waals surface area contributed by atoms with Crippen LogP contribution in [0.4, 0.5) is 0 Å². The number of aromatic nitrogens is 1. The molecule has 1 aromatic rings. The van der Waals surface area contributed by atoms with Gasteiger partial charge in [0.2, 0.25) is 0 Å². The number of hydrogen-bond donors (Lipinski definition) is 1. The number of carboxylic acids is 1. The van der Waals surface area contributed by atoms with Gasteiger partial charge in [0.25, 0.3) is 5.91 Å². The van der Waals surface area contributed by atoms with Crippen LogP contribution in [0.5, 0.6) is 0 Å². The van der Waals surface area contributed by atoms with Gasteiger partial charge in [-0.05, 0) is 13.8 Å². The van der Waals surface area contributed by atoms with Gasteiger partial charge in [0.1, 0.15) is 12.3 Å². The van der Waals surface area contributed by atoms with E-state index in [-0.39, 0.29) is 12.2 Å². The van der Waals surface area contributed by atoms with E-state index in [2.05, 4.69) is 4.98 Å². The Morgan fingerprint density at radius 3 is 2.67 bits per heavy atom. The predicted octanol–water partition coefficient (Wildman–Crippen LogP) is 0.530. The van der Waals surface area contributed by atoms with Gasteiger partial charge in [-0.1, -0.05) is 0 Å². The number of oxazole rings is 1. The number of carboxylic acid groups (broad SMARTS) is 1. The normalized spacial score (nSPS) is 10.0. The van der Waals surface area contributed by atoms with Crippen LogP contribution in [0.1, 0.15) is 23.2 Å². The molecule has 0 spiro atoms. The van der Waals surface area contributed by atoms with Crippen molar-refractivity contribution in [2.45, 2.75) is 13.8 Å². The fourth-order valence-corrected chi connectivity index (χ4v) is 1.15. The molecule has 1 N–H and O–H groups in total. The average molecular weight is 212 g/mol. The van der Waals surface area contributed by atoms with E-state index in [0.717, 1.165) is 6.39 Å². The summed E-state index contributed by atoms with van der Waals surface area (Å²) in [5, 5.41) is 8.59. The van der Waals surface area contributed by atoms with Crippen LogP contribution in [0.15, 0.2) is 10.8 Å². The molecule has 0 aliphatic carbocycles. The zero-order valence-electron chi connectivity index (χ0n) is 8.56. The van der Waals surface area contributed by atoms with E-state index in [4.69, 9.17) is 9.52 Å². The highest BCUT2D eigenvalue weighted by Gasteiger charge is 2.21. The van der Waals surface area contributed by atoms with E-state index in [1.165, 1.54) is 4.90 Å². The number of carbonyl (C=O) groups excluding carboxylic acids is 1. The van der Waals surface area contributed by atoms with E-state index in [0.29, 0.717) is 12.3 Å². The van der Waals surface area contributed by atoms with Gasteiger partial charge in [-0.2, -0.15) is 0 Å². The van der Waals surface area contributed by atoms with Gasteiger partial charge in [0.05, 0.1) is 0 Å². The van der Waals surface area contributed by atoms with E-state index in [9.17, 15) is 9.59 Å². The molecule has 0 bridgehead atoms. The molecule has 0 saturated heterocycles. The summed E-state index contributed by atoms with van der Waals surface area (Å²) in [5.41, 5.74) is 0.165. The maximum atomic E-state index is 11.7. The Morgan fingerprint density at radius 1 is 1.60 bits per heavy atom. The summed E-state index contributed by atoms with van der Waals surface area (Å²) in [7, 11) is 0. The Hall–Kier alpha value is -1.85. The quantitative estimate of drug-likeness (QED) is 0.787. The van der Waals surface area contributed by atoms with Crippen molar-refractivity contribution >= 4 is 11.9 Å². The second-order valence-electron chi connectivity index (χ2n) is 2.97. The number of nitrogens with zero attached hydrogens (tertiary/aromatic N) is 2. The molecule has 0 aliphatic rings. The maximum Gasteiger partial charge on any atom is 0.323 e. The summed E-state index contributed by atoms with van der Waals surface area (Å²) in [6, 6.07) is 0. The first-order chi connectivity index (χ1) is 7.06. The first-order valence-corrected chi connectivity index (χ1v) is 4.47. The van der Waals surface area contributed by atoms with Crippen molar-refractivity contribution in [3.63, 3.8) is 0 Å². The molecule has 0 radical (unpaired) electrons. The number of likely N-dealkylation sites (N-methyl/N-ethyl adjacent to an activating group) is 1. The molecule has 6 heteroatoms. The van der Waals surface area contributed by atoms with Crippen molar-refractivity contribution < 1.29 is 19.1 Å². The predicted molar refractivity (Wildman–Crippen MR) is 50.5 cm³/mol. The van der Waals surface area contributed by atoms with Crippen molar-refractivity contribution in [3.05, 3.63) is 17.8 Å². The smallest absolute Gasteiger partial charge is 0.323 e. The van der Waals surface area contributed by atoms with E-state index >= 15 is 0 Å². The summed E-state index contributed by atoms with van der Waals surface area (Å²) in [6.45, 7) is 3.30. The van der Waals surface area contributed by atoms with Gasteiger partial charge in [-0.3, -0.25) is 9.59 Å². The van der Waals surface area contributed by atoms with Gasteiger partial charge in [0, 0.05) is 6.54 Å². The van der Waals surface area contributed by atoms with Crippen molar-refractivity contribution in [2.75, 3.05) is 13.1 Å². The van der Waals surface area contributed by atoms with E-state index in [1.54, 1.807) is 13.8 Å². The van der Waals surface area contributed by atoms with Gasteiger partial charge in [-0.15, -0.1) is 0 Å². The molecule has 0 atom stereocenters. The highest BCUT2D eigenvalue weighted by Crippen LogP contribution is 2.08. The fraction of sp³-hybridized carbons (Fsp3) is 0.444. The third kappa shape index (κ3) is 2.55. The lowest BCUT2D eigenvalue weighted by Crippen LogP contribution is -2.35. The molecule has 1 heterocycles. The zero-order chi connectivity index (χ0) is 11.4. The summed E-state index contributed by atoms with van der Waals surface area (Å²) < 4.78 is 4.88. The van der Waals surface area contributed by atoms with Crippen molar-refractivity contribution in [1.82, 2.24) is 9.88 Å². The van der Waals surface area contributed by atoms with Gasteiger partial charge in [-0.25, -0.2) is 4.98 Å². The Labute approximate surface area is 86.5 Å². The minimum absolute atomic E-state index is 0.165. The third-order valence-corrected chi connectivity index (χ3v) is 1.94. The van der Waals surface area contributed by atoms with Crippen LogP contribution in [0.2, 0.25) is 0 Å². The fourth-order valence-electron chi connectivity index (χ4n) is 1.15. The molecule has 6 nitrogen and oxygen atoms in total. The van der Waals surface area contributed by atoms with Crippen LogP contribution >= 0.6 is 0 Å². The summed E-state index contributed by atoms with van der Waals surface area (Å²) >= 11 is 0. The number of carbonyl (C=O) groups is 2. The lowest BCUT2D eigenvalue weighted by molar-refractivity contribution is -0.137. The van der Waals surface area contributed by atoms with Crippen molar-refractivity contribution in [3.8, 4) is 0 Å². The Bertz CT molecular complexity index is 372. The standard InChI is InChI=1S/C9H12N2O4/c1-3-11(4-7(12)13)9(14)8-6(2)15-5-10-8/h5H,3-4H2,1-2H3,(H,12,13). The molecule has 82 valence electrons. The van der Waals surface area contributed by atoms with Crippen LogP contribution in [-0.2, 0) is 4.79 Å². The van der Waals surface area contributed by atoms with Crippen LogP contribution < -0.4 is 0 Å². The highest BCUT2D eigenvalue weighted by atomic mass is 16.4. The summed E-state index contributed by atoms with van der Waals surface area (Å²) in [5.74, 6) is -1.08. The lowest BCUT2D eigenvalue weighted by atomic mass is 10.3. The van der Waals surface area contributed by atoms with Crippen molar-refractivity contribution in [2.24, 2.45) is 0 Å². The monoisotopic (exact) mass is 212 g/mol. The number of aryl methyl sites for hydroxylation is 1. The number of amides is 1. The SMILES string of the molecule is CCN(CC(=O)O)C(=O)c1ncoc1C. The second kappa shape index (κ2) is 4.59. The molecule has 0 fully saturated rings. The summed E-state index contributed by atoms with van der Waals surface area (Å²) in [4.78, 5) is 27.2. The maximum absolute atomic E-state index is 11.7. The molecule has 0 aromatic carbocycles. The molecule has 0 unspecified atom stereocenters. The van der Waals surface area contributed by atoms with Gasteiger partial charge < -0.3 is 14.4 Å². The average Bonchev–Trinajstić information content (AvgIpc) is 2.59. The first kappa shape index (κ1) is 11.2. The van der Waals surface area contributed by atoms with Crippen LogP contribution in [0.3, 0.4) is 0 Å². The minimum Gasteiger partial charge on any atom is -0.480 e. The van der Waals surface area contributed by atoms with E-state index < -0.39 is 11.9 Å². The van der Waals surface area contributed by atoms with E-state index in [1.807, 2.05) is 0 Å². The Kier molecular flexibility index (Phi) is 3.43. The Balaban J connectivity index is 2.82. The van der Waals surface area contributed by atoms with Gasteiger partial charge >= 0.3 is 5.97 Å². The summed E-state index contributed by atoms with van der Waals surface area (Å²) in [6.07, 6.45) is 1.16. The number of rotatable bonds is 4. The molecule has 0 saturated carbocycles. The topological polar surface area (TPSA) is 83.6 Å². The van der Waals surface area contributed by atoms with Crippen LogP contribution in [0.25, 0.3) is 0 Å². The molecule has 1 amide bonds. The minimum atomic E-state index is -1.05. The first-order valence-electron chi connectivity index (χ1n) is 4.47. The zero-order valence-corrected chi connectivity index (χ0v) is 8.56. The molecular formula is C9H12N2O4. The molecule has 0 aliphatic heterocycles. The molecule has 1 aromatic heterocycles. The van der Waals surface area contributed by atoms with Crippen LogP contribution in [0, 0.1) is 6.92 Å². The number of aliphatic carboxylic acids is 1. The molecule has 15 heavy (non-hydrogen) atoms. The Morgan fingerprint density at radius 2 is 2.27 bits per heavy atom. The van der Waals surface area contributed by atoms with Crippen molar-refractivity contribution in [1.29, 1.82) is 0 Å². The highest BCUT2D eigenvalue weighted by molar-refractivity contribution is 5.94. The molecular weight excluding hydrogens is 200 g/mol. The lowest BCUT2D eigenvalue weighted by Gasteiger charge is -2.16. The van der Waals surface area contributed by atoms with Crippen LogP contribution in [-0.4, -0.2) is 40.0 Å². The largest absolute Gasteiger partial charge is 0.480 e. The van der Waals surface area contributed by atoms with Gasteiger partial charge in [0.15, 0.2) is 12.1 Å². The number of hydrogen-bond acceptors (Lipinski definition) is 4. The molecule has 1 rings (SSSR count).